The van der Waals surface area contributed by atoms with E-state index in [1.54, 1.807) is 38.6 Å². The zero-order valence-electron chi connectivity index (χ0n) is 11.1. The molecule has 0 unspecified atom stereocenters. The highest BCUT2D eigenvalue weighted by atomic mass is 32.1. The number of benzene rings is 1. The van der Waals surface area contributed by atoms with Crippen LogP contribution in [0, 0.1) is 0 Å². The number of rotatable bonds is 5. The zero-order chi connectivity index (χ0) is 14.5. The van der Waals surface area contributed by atoms with Crippen LogP contribution in [-0.4, -0.2) is 29.2 Å². The van der Waals surface area contributed by atoms with Gasteiger partial charge in [0, 0.05) is 18.0 Å². The molecule has 2 aromatic rings. The van der Waals surface area contributed by atoms with Crippen LogP contribution in [0.25, 0.3) is 0 Å². The molecule has 1 aromatic heterocycles. The molecule has 0 aliphatic carbocycles. The van der Waals surface area contributed by atoms with Gasteiger partial charge in [-0.15, -0.1) is 0 Å². The second kappa shape index (κ2) is 6.16. The standard InChI is InChI=1S/C13H14N4O2S/c1-18-10-4-3-8(7-11(10)19-2)16-13-15-6-5-9(17-13)12(14)20/h3-7H,1-2H3,(H2,14,20)(H,15,16,17). The average Bonchev–Trinajstić information content (AvgIpc) is 2.47. The Morgan fingerprint density at radius 2 is 1.95 bits per heavy atom. The van der Waals surface area contributed by atoms with Crippen LogP contribution in [-0.2, 0) is 0 Å². The minimum Gasteiger partial charge on any atom is -0.493 e. The van der Waals surface area contributed by atoms with Gasteiger partial charge in [-0.3, -0.25) is 0 Å². The first-order valence-corrected chi connectivity index (χ1v) is 6.16. The molecule has 0 saturated heterocycles. The number of anilines is 2. The van der Waals surface area contributed by atoms with Crippen LogP contribution in [0.2, 0.25) is 0 Å². The van der Waals surface area contributed by atoms with Gasteiger partial charge in [0.05, 0.1) is 14.2 Å². The second-order valence-corrected chi connectivity index (χ2v) is 4.26. The third-order valence-electron chi connectivity index (χ3n) is 2.55. The third-order valence-corrected chi connectivity index (χ3v) is 2.76. The van der Waals surface area contributed by atoms with Gasteiger partial charge in [-0.05, 0) is 18.2 Å². The minimum atomic E-state index is 0.225. The van der Waals surface area contributed by atoms with Crippen molar-refractivity contribution >= 4 is 28.8 Å². The van der Waals surface area contributed by atoms with E-state index in [4.69, 9.17) is 27.4 Å². The number of nitrogens with one attached hydrogen (secondary N) is 1. The highest BCUT2D eigenvalue weighted by molar-refractivity contribution is 7.80. The highest BCUT2D eigenvalue weighted by Gasteiger charge is 2.06. The molecule has 0 spiro atoms. The molecule has 1 aromatic carbocycles. The number of ether oxygens (including phenoxy) is 2. The molecular formula is C13H14N4O2S. The van der Waals surface area contributed by atoms with E-state index in [1.165, 1.54) is 0 Å². The summed E-state index contributed by atoms with van der Waals surface area (Å²) in [4.78, 5) is 8.54. The van der Waals surface area contributed by atoms with Gasteiger partial charge in [0.25, 0.3) is 0 Å². The average molecular weight is 290 g/mol. The Kier molecular flexibility index (Phi) is 4.31. The van der Waals surface area contributed by atoms with Gasteiger partial charge in [0.2, 0.25) is 5.95 Å². The maximum absolute atomic E-state index is 5.54. The van der Waals surface area contributed by atoms with Crippen molar-refractivity contribution in [3.05, 3.63) is 36.2 Å². The Hall–Kier alpha value is -2.41. The molecule has 0 amide bonds. The molecule has 2 rings (SSSR count). The van der Waals surface area contributed by atoms with E-state index in [1.807, 2.05) is 6.07 Å². The predicted molar refractivity (Wildman–Crippen MR) is 80.7 cm³/mol. The molecule has 3 N–H and O–H groups in total. The van der Waals surface area contributed by atoms with Crippen molar-refractivity contribution in [2.75, 3.05) is 19.5 Å². The number of nitrogens with two attached hydrogens (primary N) is 1. The fraction of sp³-hybridized carbons (Fsp3) is 0.154. The number of methoxy groups -OCH3 is 2. The summed E-state index contributed by atoms with van der Waals surface area (Å²) in [6.07, 6.45) is 1.59. The normalized spacial score (nSPS) is 9.90. The fourth-order valence-electron chi connectivity index (χ4n) is 1.60. The summed E-state index contributed by atoms with van der Waals surface area (Å²) in [6.45, 7) is 0. The van der Waals surface area contributed by atoms with Crippen LogP contribution in [0.1, 0.15) is 5.69 Å². The third kappa shape index (κ3) is 3.12. The molecule has 1 heterocycles. The van der Waals surface area contributed by atoms with Crippen LogP contribution < -0.4 is 20.5 Å². The molecule has 0 fully saturated rings. The molecular weight excluding hydrogens is 276 g/mol. The smallest absolute Gasteiger partial charge is 0.227 e. The van der Waals surface area contributed by atoms with E-state index < -0.39 is 0 Å². The first kappa shape index (κ1) is 14.0. The maximum Gasteiger partial charge on any atom is 0.227 e. The van der Waals surface area contributed by atoms with Crippen LogP contribution in [0.4, 0.5) is 11.6 Å². The van der Waals surface area contributed by atoms with Gasteiger partial charge in [-0.1, -0.05) is 12.2 Å². The molecule has 0 saturated carbocycles. The molecule has 7 heteroatoms. The second-order valence-electron chi connectivity index (χ2n) is 3.82. The Morgan fingerprint density at radius 1 is 1.20 bits per heavy atom. The summed E-state index contributed by atoms with van der Waals surface area (Å²) >= 11 is 4.88. The van der Waals surface area contributed by atoms with Gasteiger partial charge in [0.1, 0.15) is 10.7 Å². The zero-order valence-corrected chi connectivity index (χ0v) is 11.9. The number of hydrogen-bond acceptors (Lipinski definition) is 6. The SMILES string of the molecule is COc1ccc(Nc2nccc(C(N)=S)n2)cc1OC. The lowest BCUT2D eigenvalue weighted by Crippen LogP contribution is -2.12. The van der Waals surface area contributed by atoms with Gasteiger partial charge in [-0.2, -0.15) is 0 Å². The Bertz CT molecular complexity index is 634. The van der Waals surface area contributed by atoms with E-state index in [-0.39, 0.29) is 4.99 Å². The molecule has 0 atom stereocenters. The van der Waals surface area contributed by atoms with Crippen LogP contribution >= 0.6 is 12.2 Å². The van der Waals surface area contributed by atoms with Crippen molar-refractivity contribution in [1.29, 1.82) is 0 Å². The quantitative estimate of drug-likeness (QED) is 0.813. The largest absolute Gasteiger partial charge is 0.493 e. The Labute approximate surface area is 121 Å². The first-order valence-electron chi connectivity index (χ1n) is 5.76. The van der Waals surface area contributed by atoms with E-state index in [0.29, 0.717) is 23.1 Å². The predicted octanol–water partition coefficient (Wildman–Crippen LogP) is 1.87. The lowest BCUT2D eigenvalue weighted by molar-refractivity contribution is 0.355. The van der Waals surface area contributed by atoms with Crippen molar-refractivity contribution in [1.82, 2.24) is 9.97 Å². The number of nitrogens with zero attached hydrogens (tertiary/aromatic N) is 2. The van der Waals surface area contributed by atoms with Crippen molar-refractivity contribution < 1.29 is 9.47 Å². The molecule has 0 radical (unpaired) electrons. The van der Waals surface area contributed by atoms with Crippen LogP contribution in [0.3, 0.4) is 0 Å². The molecule has 0 bridgehead atoms. The molecule has 6 nitrogen and oxygen atoms in total. The first-order chi connectivity index (χ1) is 9.63. The maximum atomic E-state index is 5.54. The summed E-state index contributed by atoms with van der Waals surface area (Å²) in [5.41, 5.74) is 6.81. The number of thiocarbonyl (C=S) groups is 1. The summed E-state index contributed by atoms with van der Waals surface area (Å²) in [6, 6.07) is 7.06. The lowest BCUT2D eigenvalue weighted by Gasteiger charge is -2.10. The van der Waals surface area contributed by atoms with E-state index in [9.17, 15) is 0 Å². The van der Waals surface area contributed by atoms with Crippen molar-refractivity contribution in [2.45, 2.75) is 0 Å². The summed E-state index contributed by atoms with van der Waals surface area (Å²) in [7, 11) is 3.16. The van der Waals surface area contributed by atoms with Crippen LogP contribution in [0.5, 0.6) is 11.5 Å². The Balaban J connectivity index is 2.25. The number of hydrogen-bond donors (Lipinski definition) is 2. The Morgan fingerprint density at radius 3 is 2.60 bits per heavy atom. The highest BCUT2D eigenvalue weighted by Crippen LogP contribution is 2.30. The number of aromatic nitrogens is 2. The summed E-state index contributed by atoms with van der Waals surface area (Å²) in [5, 5.41) is 3.05. The lowest BCUT2D eigenvalue weighted by atomic mass is 10.3. The summed E-state index contributed by atoms with van der Waals surface area (Å²) < 4.78 is 10.4. The van der Waals surface area contributed by atoms with Gasteiger partial charge in [-0.25, -0.2) is 9.97 Å². The molecule has 104 valence electrons. The van der Waals surface area contributed by atoms with Gasteiger partial charge in [0.15, 0.2) is 11.5 Å². The van der Waals surface area contributed by atoms with Crippen molar-refractivity contribution in [3.8, 4) is 11.5 Å². The fourth-order valence-corrected chi connectivity index (χ4v) is 1.71. The van der Waals surface area contributed by atoms with E-state index in [2.05, 4.69) is 15.3 Å². The molecule has 0 aliphatic rings. The monoisotopic (exact) mass is 290 g/mol. The van der Waals surface area contributed by atoms with Crippen LogP contribution in [0.15, 0.2) is 30.5 Å². The summed E-state index contributed by atoms with van der Waals surface area (Å²) in [5.74, 6) is 1.67. The van der Waals surface area contributed by atoms with Gasteiger partial charge < -0.3 is 20.5 Å². The van der Waals surface area contributed by atoms with Gasteiger partial charge >= 0.3 is 0 Å². The topological polar surface area (TPSA) is 82.3 Å². The van der Waals surface area contributed by atoms with Crippen molar-refractivity contribution in [2.24, 2.45) is 5.73 Å². The molecule has 20 heavy (non-hydrogen) atoms. The van der Waals surface area contributed by atoms with Crippen molar-refractivity contribution in [3.63, 3.8) is 0 Å². The minimum absolute atomic E-state index is 0.225. The molecule has 0 aliphatic heterocycles. The van der Waals surface area contributed by atoms with E-state index in [0.717, 1.165) is 5.69 Å². The van der Waals surface area contributed by atoms with E-state index >= 15 is 0 Å².